The Labute approximate surface area is 147 Å². The number of rotatable bonds is 3. The summed E-state index contributed by atoms with van der Waals surface area (Å²) >= 11 is 0. The zero-order chi connectivity index (χ0) is 18.1. The summed E-state index contributed by atoms with van der Waals surface area (Å²) < 4.78 is 0. The number of nitrogens with zero attached hydrogens (tertiary/aromatic N) is 1. The molecule has 3 nitrogen and oxygen atoms in total. The van der Waals surface area contributed by atoms with Gasteiger partial charge in [-0.05, 0) is 46.9 Å². The molecule has 0 unspecified atom stereocenters. The van der Waals surface area contributed by atoms with Gasteiger partial charge in [0.15, 0.2) is 0 Å². The quantitative estimate of drug-likeness (QED) is 0.865. The lowest BCUT2D eigenvalue weighted by Crippen LogP contribution is -2.41. The number of aliphatic hydroxyl groups excluding tert-OH is 1. The van der Waals surface area contributed by atoms with Crippen LogP contribution in [0.1, 0.15) is 77.5 Å². The van der Waals surface area contributed by atoms with Gasteiger partial charge in [0.1, 0.15) is 5.75 Å². The predicted molar refractivity (Wildman–Crippen MR) is 101 cm³/mol. The van der Waals surface area contributed by atoms with Crippen LogP contribution in [0.4, 0.5) is 0 Å². The van der Waals surface area contributed by atoms with E-state index in [0.29, 0.717) is 5.75 Å². The monoisotopic (exact) mass is 333 g/mol. The Bertz CT molecular complexity index is 531. The van der Waals surface area contributed by atoms with E-state index in [-0.39, 0.29) is 23.5 Å². The molecule has 2 N–H and O–H groups in total. The lowest BCUT2D eigenvalue weighted by atomic mass is 9.78. The maximum Gasteiger partial charge on any atom is 0.123 e. The second kappa shape index (κ2) is 7.05. The van der Waals surface area contributed by atoms with Crippen molar-refractivity contribution in [1.82, 2.24) is 4.90 Å². The number of aliphatic hydroxyl groups is 1. The van der Waals surface area contributed by atoms with Crippen molar-refractivity contribution >= 4 is 0 Å². The molecule has 0 aliphatic carbocycles. The summed E-state index contributed by atoms with van der Waals surface area (Å²) in [5.41, 5.74) is 3.07. The number of hydrogen-bond acceptors (Lipinski definition) is 3. The van der Waals surface area contributed by atoms with Crippen molar-refractivity contribution in [2.45, 2.75) is 84.2 Å². The van der Waals surface area contributed by atoms with E-state index in [4.69, 9.17) is 0 Å². The van der Waals surface area contributed by atoms with Gasteiger partial charge in [-0.1, -0.05) is 60.1 Å². The van der Waals surface area contributed by atoms with Crippen molar-refractivity contribution in [2.75, 3.05) is 13.2 Å². The Morgan fingerprint density at radius 3 is 2.00 bits per heavy atom. The average Bonchev–Trinajstić information content (AvgIpc) is 2.47. The normalized spacial score (nSPS) is 20.4. The van der Waals surface area contributed by atoms with Crippen molar-refractivity contribution in [2.24, 2.45) is 0 Å². The molecule has 1 heterocycles. The van der Waals surface area contributed by atoms with E-state index in [9.17, 15) is 10.2 Å². The van der Waals surface area contributed by atoms with Gasteiger partial charge in [0.2, 0.25) is 0 Å². The van der Waals surface area contributed by atoms with Gasteiger partial charge in [-0.15, -0.1) is 0 Å². The molecule has 2 rings (SSSR count). The van der Waals surface area contributed by atoms with Crippen molar-refractivity contribution < 1.29 is 10.2 Å². The maximum atomic E-state index is 10.8. The second-order valence-corrected chi connectivity index (χ2v) is 9.34. The van der Waals surface area contributed by atoms with E-state index in [1.165, 1.54) is 18.4 Å². The van der Waals surface area contributed by atoms with Crippen molar-refractivity contribution in [3.05, 3.63) is 28.8 Å². The molecule has 0 radical (unpaired) electrons. The second-order valence-electron chi connectivity index (χ2n) is 9.34. The molecule has 1 aliphatic rings. The highest BCUT2D eigenvalue weighted by Gasteiger charge is 2.28. The first kappa shape index (κ1) is 19.3. The zero-order valence-corrected chi connectivity index (χ0v) is 16.3. The predicted octanol–water partition coefficient (Wildman–Crippen LogP) is 4.33. The summed E-state index contributed by atoms with van der Waals surface area (Å²) in [5.74, 6) is 0.441. The van der Waals surface area contributed by atoms with Crippen LogP contribution in [0.25, 0.3) is 0 Å². The third-order valence-corrected chi connectivity index (χ3v) is 5.13. The minimum absolute atomic E-state index is 0.0988. The fraction of sp³-hybridized carbons (Fsp3) is 0.714. The number of benzene rings is 1. The summed E-state index contributed by atoms with van der Waals surface area (Å²) in [6.45, 7) is 15.0. The standard InChI is InChI=1S/C21H35NO2/c1-20(2,3)17-11-15(12-18(19(17)24)21(4,5)6)13-22-10-8-7-9-16(22)14-23/h11-12,16,23-24H,7-10,13-14H2,1-6H3/t16-/m0/s1. The van der Waals surface area contributed by atoms with Crippen molar-refractivity contribution in [3.63, 3.8) is 0 Å². The topological polar surface area (TPSA) is 43.7 Å². The molecule has 1 saturated heterocycles. The molecular weight excluding hydrogens is 298 g/mol. The van der Waals surface area contributed by atoms with Gasteiger partial charge >= 0.3 is 0 Å². The molecule has 1 aromatic carbocycles. The van der Waals surface area contributed by atoms with Gasteiger partial charge in [0.05, 0.1) is 6.61 Å². The summed E-state index contributed by atoms with van der Waals surface area (Å²) in [5, 5.41) is 20.5. The Morgan fingerprint density at radius 2 is 1.54 bits per heavy atom. The molecule has 0 aromatic heterocycles. The third-order valence-electron chi connectivity index (χ3n) is 5.13. The first-order valence-corrected chi connectivity index (χ1v) is 9.26. The molecule has 0 saturated carbocycles. The van der Waals surface area contributed by atoms with Gasteiger partial charge in [0, 0.05) is 12.6 Å². The number of phenols is 1. The molecule has 0 spiro atoms. The molecular formula is C21H35NO2. The highest BCUT2D eigenvalue weighted by atomic mass is 16.3. The SMILES string of the molecule is CC(C)(C)c1cc(CN2CCCC[C@H]2CO)cc(C(C)(C)C)c1O. The minimum Gasteiger partial charge on any atom is -0.507 e. The van der Waals surface area contributed by atoms with Crippen molar-refractivity contribution in [1.29, 1.82) is 0 Å². The Hall–Kier alpha value is -1.06. The fourth-order valence-corrected chi connectivity index (χ4v) is 3.64. The first-order valence-electron chi connectivity index (χ1n) is 9.26. The van der Waals surface area contributed by atoms with E-state index in [0.717, 1.165) is 30.6 Å². The molecule has 1 aliphatic heterocycles. The molecule has 1 atom stereocenters. The van der Waals surface area contributed by atoms with Crippen molar-refractivity contribution in [3.8, 4) is 5.75 Å². The van der Waals surface area contributed by atoms with Crippen LogP contribution in [-0.4, -0.2) is 34.3 Å². The minimum atomic E-state index is -0.0988. The van der Waals surface area contributed by atoms with Crippen LogP contribution in [0.2, 0.25) is 0 Å². The molecule has 1 aromatic rings. The van der Waals surface area contributed by atoms with E-state index in [2.05, 4.69) is 58.6 Å². The van der Waals surface area contributed by atoms with Gasteiger partial charge in [-0.3, -0.25) is 4.90 Å². The first-order chi connectivity index (χ1) is 11.0. The number of aromatic hydroxyl groups is 1. The summed E-state index contributed by atoms with van der Waals surface area (Å²) in [6, 6.07) is 4.59. The number of piperidine rings is 1. The number of likely N-dealkylation sites (tertiary alicyclic amines) is 1. The molecule has 136 valence electrons. The van der Waals surface area contributed by atoms with Crippen LogP contribution in [0.3, 0.4) is 0 Å². The molecule has 0 bridgehead atoms. The van der Waals surface area contributed by atoms with E-state index < -0.39 is 0 Å². The molecule has 3 heteroatoms. The van der Waals surface area contributed by atoms with E-state index in [1.54, 1.807) is 0 Å². The van der Waals surface area contributed by atoms with Crippen LogP contribution in [-0.2, 0) is 17.4 Å². The highest BCUT2D eigenvalue weighted by molar-refractivity contribution is 5.49. The van der Waals surface area contributed by atoms with Crippen LogP contribution in [0.15, 0.2) is 12.1 Å². The Balaban J connectivity index is 2.42. The summed E-state index contributed by atoms with van der Waals surface area (Å²) in [4.78, 5) is 2.40. The van der Waals surface area contributed by atoms with Gasteiger partial charge in [0.25, 0.3) is 0 Å². The van der Waals surface area contributed by atoms with Crippen LogP contribution >= 0.6 is 0 Å². The molecule has 24 heavy (non-hydrogen) atoms. The van der Waals surface area contributed by atoms with Gasteiger partial charge in [-0.2, -0.15) is 0 Å². The van der Waals surface area contributed by atoms with E-state index in [1.807, 2.05) is 0 Å². The van der Waals surface area contributed by atoms with Crippen LogP contribution in [0.5, 0.6) is 5.75 Å². The number of hydrogen-bond donors (Lipinski definition) is 2. The smallest absolute Gasteiger partial charge is 0.123 e. The van der Waals surface area contributed by atoms with Crippen LogP contribution < -0.4 is 0 Å². The molecule has 1 fully saturated rings. The Kier molecular flexibility index (Phi) is 5.66. The largest absolute Gasteiger partial charge is 0.507 e. The maximum absolute atomic E-state index is 10.8. The zero-order valence-electron chi connectivity index (χ0n) is 16.3. The lowest BCUT2D eigenvalue weighted by Gasteiger charge is -2.35. The lowest BCUT2D eigenvalue weighted by molar-refractivity contribution is 0.0840. The third kappa shape index (κ3) is 4.31. The van der Waals surface area contributed by atoms with E-state index >= 15 is 0 Å². The summed E-state index contributed by atoms with van der Waals surface area (Å²) in [6.07, 6.45) is 3.48. The summed E-state index contributed by atoms with van der Waals surface area (Å²) in [7, 11) is 0. The fourth-order valence-electron chi connectivity index (χ4n) is 3.64. The van der Waals surface area contributed by atoms with Gasteiger partial charge < -0.3 is 10.2 Å². The van der Waals surface area contributed by atoms with Gasteiger partial charge in [-0.25, -0.2) is 0 Å². The molecule has 0 amide bonds. The average molecular weight is 334 g/mol. The number of phenolic OH excluding ortho intramolecular Hbond substituents is 1. The highest BCUT2D eigenvalue weighted by Crippen LogP contribution is 2.40. The Morgan fingerprint density at radius 1 is 1.00 bits per heavy atom. The van der Waals surface area contributed by atoms with Crippen LogP contribution in [0, 0.1) is 0 Å².